The van der Waals surface area contributed by atoms with Gasteiger partial charge in [-0.2, -0.15) is 0 Å². The van der Waals surface area contributed by atoms with E-state index in [0.29, 0.717) is 0 Å². The zero-order valence-corrected chi connectivity index (χ0v) is 5.64. The minimum atomic E-state index is -0.399. The van der Waals surface area contributed by atoms with E-state index in [-0.39, 0.29) is 11.0 Å². The Bertz CT molecular complexity index is 75.5. The van der Waals surface area contributed by atoms with E-state index < -0.39 is 20.2 Å². The molecule has 0 aromatic heterocycles. The third-order valence-electron chi connectivity index (χ3n) is 1.37. The van der Waals surface area contributed by atoms with Gasteiger partial charge in [0.25, 0.3) is 0 Å². The van der Waals surface area contributed by atoms with Crippen LogP contribution in [0.3, 0.4) is 0 Å². The second-order valence-electron chi connectivity index (χ2n) is 2.13. The summed E-state index contributed by atoms with van der Waals surface area (Å²) >= 11 is 0. The Balaban J connectivity index is 3.87. The van der Waals surface area contributed by atoms with Crippen LogP contribution in [-0.2, 0) is 0 Å². The van der Waals surface area contributed by atoms with Crippen LogP contribution in [0.4, 0.5) is 0 Å². The monoisotopic (exact) mass is 151 g/mol. The topological polar surface area (TPSA) is 80.9 Å². The summed E-state index contributed by atoms with van der Waals surface area (Å²) in [5.41, 5.74) is 0. The summed E-state index contributed by atoms with van der Waals surface area (Å²) in [6, 6.07) is 0. The van der Waals surface area contributed by atoms with Crippen LogP contribution in [0.5, 0.6) is 0 Å². The van der Waals surface area contributed by atoms with Crippen molar-refractivity contribution in [3.05, 3.63) is 6.61 Å². The molecule has 0 saturated carbocycles. The molecule has 0 atom stereocenters. The molecule has 0 heterocycles. The van der Waals surface area contributed by atoms with E-state index in [2.05, 4.69) is 0 Å². The maximum Gasteiger partial charge on any atom is 0.184 e. The summed E-state index contributed by atoms with van der Waals surface area (Å²) in [4.78, 5) is 0. The van der Waals surface area contributed by atoms with Crippen LogP contribution < -0.4 is 0 Å². The summed E-state index contributed by atoms with van der Waals surface area (Å²) in [6.07, 6.45) is 0. The van der Waals surface area contributed by atoms with Crippen molar-refractivity contribution < 1.29 is 24.9 Å². The van der Waals surface area contributed by atoms with Gasteiger partial charge in [0.15, 0.2) is 20.2 Å². The molecule has 0 spiro atoms. The van der Waals surface area contributed by atoms with Gasteiger partial charge in [-0.3, -0.25) is 4.48 Å². The molecule has 0 aliphatic rings. The van der Waals surface area contributed by atoms with E-state index in [1.807, 2.05) is 0 Å². The molecule has 0 unspecified atom stereocenters. The highest BCUT2D eigenvalue weighted by molar-refractivity contribution is 4.41. The molecule has 0 saturated heterocycles. The van der Waals surface area contributed by atoms with E-state index >= 15 is 0 Å². The molecule has 10 heavy (non-hydrogen) atoms. The van der Waals surface area contributed by atoms with E-state index in [1.54, 1.807) is 0 Å². The van der Waals surface area contributed by atoms with Crippen molar-refractivity contribution in [2.24, 2.45) is 0 Å². The number of aliphatic hydroxyl groups is 4. The molecule has 61 valence electrons. The molecule has 0 bridgehead atoms. The molecule has 0 rings (SSSR count). The first-order valence-electron chi connectivity index (χ1n) is 2.88. The molecule has 5 heteroatoms. The lowest BCUT2D eigenvalue weighted by atomic mass is 10.5. The standard InChI is InChI=1S/C5H13NO4/c7-2-1-6(3-8,4-9)5-10/h2,7-10H,1,3-5H2/q+1. The average Bonchev–Trinajstić information content (AvgIpc) is 2.01. The van der Waals surface area contributed by atoms with Crippen molar-refractivity contribution in [3.63, 3.8) is 0 Å². The van der Waals surface area contributed by atoms with Crippen LogP contribution >= 0.6 is 0 Å². The lowest BCUT2D eigenvalue weighted by Gasteiger charge is -2.30. The van der Waals surface area contributed by atoms with Crippen LogP contribution in [0.15, 0.2) is 0 Å². The Morgan fingerprint density at radius 2 is 1.40 bits per heavy atom. The van der Waals surface area contributed by atoms with Gasteiger partial charge in [0.1, 0.15) is 13.2 Å². The fourth-order valence-electron chi connectivity index (χ4n) is 0.481. The third-order valence-corrected chi connectivity index (χ3v) is 1.37. The third kappa shape index (κ3) is 2.20. The first kappa shape index (κ1) is 9.80. The van der Waals surface area contributed by atoms with Gasteiger partial charge >= 0.3 is 0 Å². The van der Waals surface area contributed by atoms with Gasteiger partial charge in [-0.05, 0) is 0 Å². The number of quaternary nitrogens is 1. The Morgan fingerprint density at radius 1 is 1.00 bits per heavy atom. The molecule has 0 aromatic rings. The van der Waals surface area contributed by atoms with Crippen LogP contribution in [0.2, 0.25) is 0 Å². The maximum absolute atomic E-state index is 8.63. The maximum atomic E-state index is 8.63. The van der Waals surface area contributed by atoms with E-state index in [0.717, 1.165) is 6.61 Å². The fourth-order valence-corrected chi connectivity index (χ4v) is 0.481. The predicted octanol–water partition coefficient (Wildman–Crippen LogP) is -1.81. The molecule has 0 aliphatic heterocycles. The minimum absolute atomic E-state index is 0.0312. The molecule has 0 fully saturated rings. The highest BCUT2D eigenvalue weighted by Crippen LogP contribution is 2.01. The van der Waals surface area contributed by atoms with Gasteiger partial charge in [0.05, 0.1) is 0 Å². The van der Waals surface area contributed by atoms with Gasteiger partial charge in [-0.15, -0.1) is 0 Å². The molecular weight excluding hydrogens is 138 g/mol. The number of nitrogens with zero attached hydrogens (tertiary/aromatic N) is 1. The highest BCUT2D eigenvalue weighted by Gasteiger charge is 2.23. The molecular formula is C5H13NO4+. The first-order chi connectivity index (χ1) is 4.74. The van der Waals surface area contributed by atoms with Crippen LogP contribution in [-0.4, -0.2) is 51.6 Å². The molecule has 0 amide bonds. The summed E-state index contributed by atoms with van der Waals surface area (Å²) in [7, 11) is 0. The van der Waals surface area contributed by atoms with Crippen molar-refractivity contribution in [2.45, 2.75) is 0 Å². The quantitative estimate of drug-likeness (QED) is 0.276. The second-order valence-corrected chi connectivity index (χ2v) is 2.13. The smallest absolute Gasteiger partial charge is 0.184 e. The molecule has 0 aliphatic carbocycles. The summed E-state index contributed by atoms with van der Waals surface area (Å²) < 4.78 is -0.337. The zero-order valence-electron chi connectivity index (χ0n) is 5.64. The van der Waals surface area contributed by atoms with Crippen molar-refractivity contribution >= 4 is 0 Å². The van der Waals surface area contributed by atoms with Gasteiger partial charge in [0, 0.05) is 0 Å². The van der Waals surface area contributed by atoms with Crippen molar-refractivity contribution in [3.8, 4) is 0 Å². The van der Waals surface area contributed by atoms with Crippen LogP contribution in [0, 0.1) is 6.61 Å². The Kier molecular flexibility index (Phi) is 4.50. The SMILES string of the molecule is O[CH]C[N+](CO)(CO)CO. The Morgan fingerprint density at radius 3 is 1.50 bits per heavy atom. The summed E-state index contributed by atoms with van der Waals surface area (Å²) in [6.45, 7) is -0.371. The van der Waals surface area contributed by atoms with Crippen molar-refractivity contribution in [1.29, 1.82) is 0 Å². The van der Waals surface area contributed by atoms with Crippen LogP contribution in [0.1, 0.15) is 0 Å². The number of hydrogen-bond donors (Lipinski definition) is 4. The second kappa shape index (κ2) is 4.59. The van der Waals surface area contributed by atoms with Crippen LogP contribution in [0.25, 0.3) is 0 Å². The van der Waals surface area contributed by atoms with Gasteiger partial charge in [-0.25, -0.2) is 0 Å². The minimum Gasteiger partial charge on any atom is -0.384 e. The van der Waals surface area contributed by atoms with Gasteiger partial charge in [-0.1, -0.05) is 0 Å². The lowest BCUT2D eigenvalue weighted by Crippen LogP contribution is -2.50. The molecule has 1 radical (unpaired) electrons. The Hall–Kier alpha value is -0.200. The highest BCUT2D eigenvalue weighted by atomic mass is 16.4. The summed E-state index contributed by atoms with van der Waals surface area (Å²) in [5, 5.41) is 34.2. The number of rotatable bonds is 5. The van der Waals surface area contributed by atoms with Crippen molar-refractivity contribution in [2.75, 3.05) is 26.7 Å². The number of aliphatic hydroxyl groups excluding tert-OH is 4. The lowest BCUT2D eigenvalue weighted by molar-refractivity contribution is -0.974. The Labute approximate surface area is 59.3 Å². The fraction of sp³-hybridized carbons (Fsp3) is 0.800. The first-order valence-corrected chi connectivity index (χ1v) is 2.88. The molecule has 0 aromatic carbocycles. The van der Waals surface area contributed by atoms with Gasteiger partial charge in [0.2, 0.25) is 0 Å². The summed E-state index contributed by atoms with van der Waals surface area (Å²) in [5.74, 6) is 0. The van der Waals surface area contributed by atoms with Gasteiger partial charge < -0.3 is 20.4 Å². The van der Waals surface area contributed by atoms with E-state index in [9.17, 15) is 0 Å². The largest absolute Gasteiger partial charge is 0.384 e. The van der Waals surface area contributed by atoms with Crippen molar-refractivity contribution in [1.82, 2.24) is 0 Å². The molecule has 5 nitrogen and oxygen atoms in total. The zero-order chi connectivity index (χ0) is 8.04. The molecule has 4 N–H and O–H groups in total. The van der Waals surface area contributed by atoms with E-state index in [4.69, 9.17) is 20.4 Å². The van der Waals surface area contributed by atoms with E-state index in [1.165, 1.54) is 0 Å². The normalized spacial score (nSPS) is 12.0. The predicted molar refractivity (Wildman–Crippen MR) is 32.6 cm³/mol. The average molecular weight is 151 g/mol. The number of hydrogen-bond acceptors (Lipinski definition) is 4.